The number of urea groups is 1. The molecule has 0 aromatic heterocycles. The Labute approximate surface area is 156 Å². The van der Waals surface area contributed by atoms with Crippen LogP contribution in [0.2, 0.25) is 0 Å². The molecule has 0 aliphatic carbocycles. The minimum Gasteiger partial charge on any atom is -0.508 e. The molecule has 144 valence electrons. The molecule has 3 rings (SSSR count). The van der Waals surface area contributed by atoms with Gasteiger partial charge in [-0.05, 0) is 50.3 Å². The van der Waals surface area contributed by atoms with E-state index in [0.29, 0.717) is 18.2 Å². The first-order chi connectivity index (χ1) is 12.5. The molecule has 1 aromatic rings. The molecule has 0 bridgehead atoms. The molecule has 2 saturated heterocycles. The van der Waals surface area contributed by atoms with Gasteiger partial charge in [0.2, 0.25) is 0 Å². The Kier molecular flexibility index (Phi) is 6.04. The van der Waals surface area contributed by atoms with Crippen molar-refractivity contribution in [3.63, 3.8) is 0 Å². The van der Waals surface area contributed by atoms with Crippen LogP contribution in [0.4, 0.5) is 4.79 Å². The molecule has 2 fully saturated rings. The number of ether oxygens (including phenoxy) is 1. The van der Waals surface area contributed by atoms with Crippen molar-refractivity contribution in [3.8, 4) is 5.75 Å². The van der Waals surface area contributed by atoms with Crippen molar-refractivity contribution >= 4 is 6.03 Å². The number of carbonyl (C=O) groups excluding carboxylic acids is 1. The summed E-state index contributed by atoms with van der Waals surface area (Å²) in [6.07, 6.45) is 1.93. The van der Waals surface area contributed by atoms with Crippen molar-refractivity contribution in [1.82, 2.24) is 15.1 Å². The van der Waals surface area contributed by atoms with Gasteiger partial charge in [0, 0.05) is 38.3 Å². The zero-order chi connectivity index (χ0) is 18.6. The Balaban J connectivity index is 1.45. The molecule has 2 aliphatic rings. The maximum absolute atomic E-state index is 12.6. The quantitative estimate of drug-likeness (QED) is 0.864. The van der Waals surface area contributed by atoms with Crippen molar-refractivity contribution < 1.29 is 14.6 Å². The van der Waals surface area contributed by atoms with Crippen LogP contribution in [0.25, 0.3) is 0 Å². The molecular formula is C20H31N3O3. The lowest BCUT2D eigenvalue weighted by atomic mass is 9.89. The van der Waals surface area contributed by atoms with E-state index in [2.05, 4.69) is 24.1 Å². The van der Waals surface area contributed by atoms with Crippen molar-refractivity contribution in [1.29, 1.82) is 0 Å². The fraction of sp³-hybridized carbons (Fsp3) is 0.650. The van der Waals surface area contributed by atoms with E-state index in [9.17, 15) is 9.90 Å². The maximum Gasteiger partial charge on any atom is 0.317 e. The van der Waals surface area contributed by atoms with E-state index in [4.69, 9.17) is 4.74 Å². The van der Waals surface area contributed by atoms with E-state index < -0.39 is 0 Å². The number of carbonyl (C=O) groups is 1. The number of rotatable bonds is 4. The van der Waals surface area contributed by atoms with Crippen LogP contribution in [-0.2, 0) is 4.74 Å². The number of phenols is 1. The van der Waals surface area contributed by atoms with Crippen molar-refractivity contribution in [2.75, 3.05) is 45.9 Å². The van der Waals surface area contributed by atoms with Crippen molar-refractivity contribution in [3.05, 3.63) is 29.8 Å². The summed E-state index contributed by atoms with van der Waals surface area (Å²) in [7, 11) is 0. The highest BCUT2D eigenvalue weighted by atomic mass is 16.5. The summed E-state index contributed by atoms with van der Waals surface area (Å²) in [5.74, 6) is 0.762. The Hall–Kier alpha value is -1.79. The molecule has 26 heavy (non-hydrogen) atoms. The van der Waals surface area contributed by atoms with Crippen LogP contribution in [0.15, 0.2) is 24.3 Å². The largest absolute Gasteiger partial charge is 0.508 e. The van der Waals surface area contributed by atoms with Crippen LogP contribution in [0.3, 0.4) is 0 Å². The highest BCUT2D eigenvalue weighted by Crippen LogP contribution is 2.29. The number of piperidine rings is 1. The van der Waals surface area contributed by atoms with Gasteiger partial charge in [0.15, 0.2) is 0 Å². The summed E-state index contributed by atoms with van der Waals surface area (Å²) in [6.45, 7) is 9.91. The van der Waals surface area contributed by atoms with Crippen LogP contribution in [-0.4, -0.2) is 72.4 Å². The van der Waals surface area contributed by atoms with E-state index >= 15 is 0 Å². The van der Waals surface area contributed by atoms with E-state index in [1.807, 2.05) is 17.0 Å². The van der Waals surface area contributed by atoms with Gasteiger partial charge in [0.25, 0.3) is 0 Å². The third-order valence-electron chi connectivity index (χ3n) is 5.69. The molecular weight excluding hydrogens is 330 g/mol. The number of nitrogens with one attached hydrogen (secondary N) is 1. The molecule has 2 aliphatic heterocycles. The summed E-state index contributed by atoms with van der Waals surface area (Å²) in [6, 6.07) is 7.49. The highest BCUT2D eigenvalue weighted by Gasteiger charge is 2.30. The fourth-order valence-electron chi connectivity index (χ4n) is 3.85. The molecule has 2 heterocycles. The molecule has 1 aromatic carbocycles. The highest BCUT2D eigenvalue weighted by molar-refractivity contribution is 5.74. The molecule has 2 N–H and O–H groups in total. The Morgan fingerprint density at radius 3 is 2.38 bits per heavy atom. The number of hydrogen-bond acceptors (Lipinski definition) is 4. The number of hydrogen-bond donors (Lipinski definition) is 2. The van der Waals surface area contributed by atoms with Gasteiger partial charge in [-0.3, -0.25) is 4.90 Å². The Bertz CT molecular complexity index is 589. The van der Waals surface area contributed by atoms with Crippen molar-refractivity contribution in [2.45, 2.75) is 38.1 Å². The smallest absolute Gasteiger partial charge is 0.317 e. The van der Waals surface area contributed by atoms with Gasteiger partial charge in [-0.1, -0.05) is 12.1 Å². The average molecular weight is 361 g/mol. The summed E-state index contributed by atoms with van der Waals surface area (Å²) in [5, 5.41) is 12.5. The summed E-state index contributed by atoms with van der Waals surface area (Å²) >= 11 is 0. The standard InChI is InChI=1S/C20H31N3O3/c1-20(2,23-11-13-26-14-12-23)15-21-19(25)22-9-7-17(8-10-22)16-3-5-18(24)6-4-16/h3-6,17,24H,7-15H2,1-2H3,(H,21,25). The minimum absolute atomic E-state index is 0.0375. The van der Waals surface area contributed by atoms with E-state index in [1.165, 1.54) is 5.56 Å². The second kappa shape index (κ2) is 8.27. The van der Waals surface area contributed by atoms with Gasteiger partial charge in [-0.15, -0.1) is 0 Å². The molecule has 0 unspecified atom stereocenters. The van der Waals surface area contributed by atoms with E-state index in [0.717, 1.165) is 52.2 Å². The van der Waals surface area contributed by atoms with Crippen LogP contribution in [0, 0.1) is 0 Å². The predicted molar refractivity (Wildman–Crippen MR) is 102 cm³/mol. The SMILES string of the molecule is CC(C)(CNC(=O)N1CCC(c2ccc(O)cc2)CC1)N1CCOCC1. The number of phenolic OH excluding ortho intramolecular Hbond substituents is 1. The van der Waals surface area contributed by atoms with Gasteiger partial charge < -0.3 is 20.1 Å². The van der Waals surface area contributed by atoms with Crippen LogP contribution >= 0.6 is 0 Å². The van der Waals surface area contributed by atoms with Gasteiger partial charge in [0.05, 0.1) is 13.2 Å². The second-order valence-corrected chi connectivity index (χ2v) is 7.92. The molecule has 0 radical (unpaired) electrons. The van der Waals surface area contributed by atoms with E-state index in [1.54, 1.807) is 12.1 Å². The summed E-state index contributed by atoms with van der Waals surface area (Å²) in [5.41, 5.74) is 1.18. The number of benzene rings is 1. The number of likely N-dealkylation sites (tertiary alicyclic amines) is 1. The normalized spacial score (nSPS) is 20.2. The zero-order valence-corrected chi connectivity index (χ0v) is 15.9. The molecule has 6 heteroatoms. The van der Waals surface area contributed by atoms with Gasteiger partial charge >= 0.3 is 6.03 Å². The fourth-order valence-corrected chi connectivity index (χ4v) is 3.85. The van der Waals surface area contributed by atoms with Gasteiger partial charge in [-0.25, -0.2) is 4.79 Å². The number of nitrogens with zero attached hydrogens (tertiary/aromatic N) is 2. The van der Waals surface area contributed by atoms with Crippen LogP contribution < -0.4 is 5.32 Å². The lowest BCUT2D eigenvalue weighted by molar-refractivity contribution is -0.00909. The van der Waals surface area contributed by atoms with E-state index in [-0.39, 0.29) is 11.6 Å². The molecule has 0 spiro atoms. The van der Waals surface area contributed by atoms with Gasteiger partial charge in [0.1, 0.15) is 5.75 Å². The first-order valence-electron chi connectivity index (χ1n) is 9.60. The minimum atomic E-state index is -0.0657. The molecule has 2 amide bonds. The number of amides is 2. The Morgan fingerprint density at radius 1 is 1.15 bits per heavy atom. The van der Waals surface area contributed by atoms with Crippen molar-refractivity contribution in [2.24, 2.45) is 0 Å². The number of aromatic hydroxyl groups is 1. The first-order valence-corrected chi connectivity index (χ1v) is 9.60. The monoisotopic (exact) mass is 361 g/mol. The third-order valence-corrected chi connectivity index (χ3v) is 5.69. The first kappa shape index (κ1) is 19.0. The van der Waals surface area contributed by atoms with Gasteiger partial charge in [-0.2, -0.15) is 0 Å². The average Bonchev–Trinajstić information content (AvgIpc) is 2.68. The lowest BCUT2D eigenvalue weighted by Crippen LogP contribution is -2.57. The summed E-state index contributed by atoms with van der Waals surface area (Å²) < 4.78 is 5.42. The molecule has 6 nitrogen and oxygen atoms in total. The molecule has 0 saturated carbocycles. The second-order valence-electron chi connectivity index (χ2n) is 7.92. The molecule has 0 atom stereocenters. The number of morpholine rings is 1. The summed E-state index contributed by atoms with van der Waals surface area (Å²) in [4.78, 5) is 16.9. The topological polar surface area (TPSA) is 65.0 Å². The lowest BCUT2D eigenvalue weighted by Gasteiger charge is -2.41. The Morgan fingerprint density at radius 2 is 1.77 bits per heavy atom. The zero-order valence-electron chi connectivity index (χ0n) is 15.9. The third kappa shape index (κ3) is 4.68. The van der Waals surface area contributed by atoms with Crippen LogP contribution in [0.1, 0.15) is 38.2 Å². The maximum atomic E-state index is 12.6. The predicted octanol–water partition coefficient (Wildman–Crippen LogP) is 2.39. The van der Waals surface area contributed by atoms with Crippen LogP contribution in [0.5, 0.6) is 5.75 Å².